The SMILES string of the molecule is COc1ccc(Br)cc1-c1cccc([N+](=O)[O-])c1. The number of rotatable bonds is 3. The smallest absolute Gasteiger partial charge is 0.270 e. The first kappa shape index (κ1) is 12.6. The van der Waals surface area contributed by atoms with Crippen LogP contribution in [0.15, 0.2) is 46.9 Å². The number of benzene rings is 2. The highest BCUT2D eigenvalue weighted by molar-refractivity contribution is 9.10. The molecular weight excluding hydrogens is 298 g/mol. The van der Waals surface area contributed by atoms with Crippen LogP contribution in [0, 0.1) is 10.1 Å². The largest absolute Gasteiger partial charge is 0.496 e. The Bertz CT molecular complexity index is 599. The highest BCUT2D eigenvalue weighted by Crippen LogP contribution is 2.33. The van der Waals surface area contributed by atoms with Crippen molar-refractivity contribution in [3.63, 3.8) is 0 Å². The van der Waals surface area contributed by atoms with E-state index in [0.717, 1.165) is 15.6 Å². The van der Waals surface area contributed by atoms with Crippen LogP contribution in [0.1, 0.15) is 0 Å². The fraction of sp³-hybridized carbons (Fsp3) is 0.0769. The molecule has 0 aromatic heterocycles. The molecule has 0 bridgehead atoms. The average Bonchev–Trinajstić information content (AvgIpc) is 2.39. The topological polar surface area (TPSA) is 52.4 Å². The monoisotopic (exact) mass is 307 g/mol. The summed E-state index contributed by atoms with van der Waals surface area (Å²) in [7, 11) is 1.57. The van der Waals surface area contributed by atoms with Gasteiger partial charge in [-0.3, -0.25) is 10.1 Å². The molecule has 92 valence electrons. The molecule has 0 atom stereocenters. The molecule has 0 fully saturated rings. The molecule has 2 aromatic carbocycles. The van der Waals surface area contributed by atoms with E-state index in [2.05, 4.69) is 15.9 Å². The molecule has 0 aliphatic rings. The summed E-state index contributed by atoms with van der Waals surface area (Å²) in [6.45, 7) is 0. The van der Waals surface area contributed by atoms with Gasteiger partial charge in [-0.05, 0) is 23.8 Å². The van der Waals surface area contributed by atoms with Gasteiger partial charge in [-0.2, -0.15) is 0 Å². The van der Waals surface area contributed by atoms with Crippen molar-refractivity contribution in [1.29, 1.82) is 0 Å². The van der Waals surface area contributed by atoms with Gasteiger partial charge in [0.25, 0.3) is 5.69 Å². The molecule has 0 radical (unpaired) electrons. The maximum atomic E-state index is 10.8. The fourth-order valence-corrected chi connectivity index (χ4v) is 2.05. The molecule has 2 aromatic rings. The Labute approximate surface area is 112 Å². The van der Waals surface area contributed by atoms with Crippen LogP contribution in [0.5, 0.6) is 5.75 Å². The van der Waals surface area contributed by atoms with Gasteiger partial charge in [-0.1, -0.05) is 28.1 Å². The third-order valence-electron chi connectivity index (χ3n) is 2.53. The summed E-state index contributed by atoms with van der Waals surface area (Å²) < 4.78 is 6.16. The van der Waals surface area contributed by atoms with Gasteiger partial charge in [0.05, 0.1) is 12.0 Å². The van der Waals surface area contributed by atoms with Gasteiger partial charge in [-0.25, -0.2) is 0 Å². The molecule has 0 unspecified atom stereocenters. The Balaban J connectivity index is 2.57. The zero-order chi connectivity index (χ0) is 13.1. The number of nitro groups is 1. The molecule has 5 heteroatoms. The summed E-state index contributed by atoms with van der Waals surface area (Å²) in [5.41, 5.74) is 1.63. The molecule has 0 aliphatic carbocycles. The molecule has 0 saturated carbocycles. The predicted molar refractivity (Wildman–Crippen MR) is 72.8 cm³/mol. The summed E-state index contributed by atoms with van der Waals surface area (Å²) in [5.74, 6) is 0.679. The Kier molecular flexibility index (Phi) is 3.62. The van der Waals surface area contributed by atoms with Crippen LogP contribution in [-0.2, 0) is 0 Å². The van der Waals surface area contributed by atoms with E-state index in [4.69, 9.17) is 4.74 Å². The van der Waals surface area contributed by atoms with Crippen molar-refractivity contribution in [3.8, 4) is 16.9 Å². The Morgan fingerprint density at radius 3 is 2.67 bits per heavy atom. The maximum absolute atomic E-state index is 10.8. The second-order valence-electron chi connectivity index (χ2n) is 3.65. The Morgan fingerprint density at radius 2 is 2.00 bits per heavy atom. The van der Waals surface area contributed by atoms with Crippen LogP contribution >= 0.6 is 15.9 Å². The zero-order valence-electron chi connectivity index (χ0n) is 9.59. The minimum absolute atomic E-state index is 0.0644. The normalized spacial score (nSPS) is 10.1. The maximum Gasteiger partial charge on any atom is 0.270 e. The lowest BCUT2D eigenvalue weighted by molar-refractivity contribution is -0.384. The number of non-ortho nitro benzene ring substituents is 1. The van der Waals surface area contributed by atoms with Crippen molar-refractivity contribution >= 4 is 21.6 Å². The van der Waals surface area contributed by atoms with Crippen LogP contribution < -0.4 is 4.74 Å². The summed E-state index contributed by atoms with van der Waals surface area (Å²) in [4.78, 5) is 10.4. The van der Waals surface area contributed by atoms with Gasteiger partial charge in [-0.15, -0.1) is 0 Å². The number of nitrogens with zero attached hydrogens (tertiary/aromatic N) is 1. The second-order valence-corrected chi connectivity index (χ2v) is 4.57. The Morgan fingerprint density at radius 1 is 1.22 bits per heavy atom. The van der Waals surface area contributed by atoms with Crippen LogP contribution in [0.25, 0.3) is 11.1 Å². The van der Waals surface area contributed by atoms with E-state index < -0.39 is 4.92 Å². The van der Waals surface area contributed by atoms with Crippen molar-refractivity contribution in [2.24, 2.45) is 0 Å². The van der Waals surface area contributed by atoms with E-state index in [0.29, 0.717) is 5.75 Å². The number of hydrogen-bond acceptors (Lipinski definition) is 3. The summed E-state index contributed by atoms with van der Waals surface area (Å²) in [6, 6.07) is 12.0. The van der Waals surface area contributed by atoms with E-state index in [-0.39, 0.29) is 5.69 Å². The lowest BCUT2D eigenvalue weighted by atomic mass is 10.0. The number of methoxy groups -OCH3 is 1. The van der Waals surface area contributed by atoms with E-state index in [1.54, 1.807) is 13.2 Å². The summed E-state index contributed by atoms with van der Waals surface area (Å²) in [5, 5.41) is 10.8. The molecule has 0 aliphatic heterocycles. The van der Waals surface area contributed by atoms with Gasteiger partial charge in [0, 0.05) is 22.2 Å². The van der Waals surface area contributed by atoms with Gasteiger partial charge >= 0.3 is 0 Å². The molecule has 0 spiro atoms. The van der Waals surface area contributed by atoms with Gasteiger partial charge in [0.2, 0.25) is 0 Å². The molecular formula is C13H10BrNO3. The quantitative estimate of drug-likeness (QED) is 0.635. The molecule has 4 nitrogen and oxygen atoms in total. The van der Waals surface area contributed by atoms with Crippen molar-refractivity contribution < 1.29 is 9.66 Å². The highest BCUT2D eigenvalue weighted by Gasteiger charge is 2.11. The number of hydrogen-bond donors (Lipinski definition) is 0. The van der Waals surface area contributed by atoms with Gasteiger partial charge < -0.3 is 4.74 Å². The van der Waals surface area contributed by atoms with Crippen molar-refractivity contribution in [3.05, 3.63) is 57.1 Å². The average molecular weight is 308 g/mol. The number of ether oxygens (including phenoxy) is 1. The van der Waals surface area contributed by atoms with Gasteiger partial charge in [0.15, 0.2) is 0 Å². The Hall–Kier alpha value is -1.88. The lowest BCUT2D eigenvalue weighted by Gasteiger charge is -2.09. The first-order chi connectivity index (χ1) is 8.61. The van der Waals surface area contributed by atoms with Crippen LogP contribution in [-0.4, -0.2) is 12.0 Å². The lowest BCUT2D eigenvalue weighted by Crippen LogP contribution is -1.90. The molecule has 2 rings (SSSR count). The van der Waals surface area contributed by atoms with Crippen LogP contribution in [0.2, 0.25) is 0 Å². The van der Waals surface area contributed by atoms with E-state index in [1.165, 1.54) is 12.1 Å². The predicted octanol–water partition coefficient (Wildman–Crippen LogP) is 4.03. The summed E-state index contributed by atoms with van der Waals surface area (Å²) in [6.07, 6.45) is 0. The second kappa shape index (κ2) is 5.18. The molecule has 0 N–H and O–H groups in total. The van der Waals surface area contributed by atoms with Crippen molar-refractivity contribution in [2.75, 3.05) is 7.11 Å². The summed E-state index contributed by atoms with van der Waals surface area (Å²) >= 11 is 3.38. The molecule has 0 amide bonds. The first-order valence-electron chi connectivity index (χ1n) is 5.20. The standard InChI is InChI=1S/C13H10BrNO3/c1-18-13-6-5-10(14)8-12(13)9-3-2-4-11(7-9)15(16)17/h2-8H,1H3. The van der Waals surface area contributed by atoms with E-state index in [1.807, 2.05) is 24.3 Å². The third kappa shape index (κ3) is 2.51. The van der Waals surface area contributed by atoms with Crippen LogP contribution in [0.3, 0.4) is 0 Å². The first-order valence-corrected chi connectivity index (χ1v) is 5.99. The minimum atomic E-state index is -0.409. The third-order valence-corrected chi connectivity index (χ3v) is 3.02. The fourth-order valence-electron chi connectivity index (χ4n) is 1.69. The van der Waals surface area contributed by atoms with Crippen LogP contribution in [0.4, 0.5) is 5.69 Å². The van der Waals surface area contributed by atoms with Crippen molar-refractivity contribution in [2.45, 2.75) is 0 Å². The molecule has 0 saturated heterocycles. The highest BCUT2D eigenvalue weighted by atomic mass is 79.9. The number of halogens is 1. The molecule has 18 heavy (non-hydrogen) atoms. The minimum Gasteiger partial charge on any atom is -0.496 e. The number of nitro benzene ring substituents is 1. The van der Waals surface area contributed by atoms with Crippen molar-refractivity contribution in [1.82, 2.24) is 0 Å². The van der Waals surface area contributed by atoms with Gasteiger partial charge in [0.1, 0.15) is 5.75 Å². The van der Waals surface area contributed by atoms with E-state index in [9.17, 15) is 10.1 Å². The molecule has 0 heterocycles. The van der Waals surface area contributed by atoms with E-state index >= 15 is 0 Å². The zero-order valence-corrected chi connectivity index (χ0v) is 11.2.